The van der Waals surface area contributed by atoms with Crippen molar-refractivity contribution in [3.8, 4) is 0 Å². The lowest BCUT2D eigenvalue weighted by molar-refractivity contribution is 0.0963. The van der Waals surface area contributed by atoms with Crippen molar-refractivity contribution in [1.29, 1.82) is 0 Å². The largest absolute Gasteiger partial charge is 0.447 e. The van der Waals surface area contributed by atoms with E-state index < -0.39 is 0 Å². The normalized spacial score (nSPS) is 14.2. The Bertz CT molecular complexity index is 1210. The van der Waals surface area contributed by atoms with Crippen LogP contribution in [0, 0.1) is 0 Å². The zero-order valence-electron chi connectivity index (χ0n) is 22.6. The van der Waals surface area contributed by atoms with E-state index in [1.54, 1.807) is 6.07 Å². The zero-order chi connectivity index (χ0) is 26.6. The second-order valence-electron chi connectivity index (χ2n) is 8.35. The van der Waals surface area contributed by atoms with Crippen molar-refractivity contribution in [2.75, 3.05) is 43.6 Å². The minimum absolute atomic E-state index is 0.0588. The number of ketones is 1. The average molecular weight is 506 g/mol. The summed E-state index contributed by atoms with van der Waals surface area (Å²) < 4.78 is 11.4. The van der Waals surface area contributed by atoms with E-state index in [0.717, 1.165) is 18.7 Å². The van der Waals surface area contributed by atoms with E-state index in [4.69, 9.17) is 14.1 Å². The number of hydrogen-bond acceptors (Lipinski definition) is 8. The molecule has 37 heavy (non-hydrogen) atoms. The molecule has 0 bridgehead atoms. The number of ether oxygens (including phenoxy) is 1. The number of furan rings is 1. The Morgan fingerprint density at radius 3 is 2.49 bits per heavy atom. The number of fused-ring (bicyclic) bond motifs is 1. The lowest BCUT2D eigenvalue weighted by Gasteiger charge is -2.27. The highest BCUT2D eigenvalue weighted by Gasteiger charge is 2.22. The Kier molecular flexibility index (Phi) is 10.7. The fourth-order valence-electron chi connectivity index (χ4n) is 4.02. The highest BCUT2D eigenvalue weighted by Crippen LogP contribution is 2.30. The first-order valence-electron chi connectivity index (χ1n) is 13.2. The molecule has 8 nitrogen and oxygen atoms in total. The van der Waals surface area contributed by atoms with Gasteiger partial charge in [-0.05, 0) is 30.1 Å². The maximum absolute atomic E-state index is 12.3. The van der Waals surface area contributed by atoms with Crippen LogP contribution in [0.1, 0.15) is 56.7 Å². The van der Waals surface area contributed by atoms with Crippen LogP contribution < -0.4 is 15.5 Å². The van der Waals surface area contributed by atoms with Gasteiger partial charge in [0, 0.05) is 32.6 Å². The van der Waals surface area contributed by atoms with Gasteiger partial charge in [-0.2, -0.15) is 4.98 Å². The molecule has 3 aromatic rings. The number of benzene rings is 1. The van der Waals surface area contributed by atoms with Crippen LogP contribution in [0.2, 0.25) is 0 Å². The van der Waals surface area contributed by atoms with Crippen molar-refractivity contribution in [1.82, 2.24) is 15.3 Å². The summed E-state index contributed by atoms with van der Waals surface area (Å²) >= 11 is 0. The molecular weight excluding hydrogens is 466 g/mol. The molecule has 4 rings (SSSR count). The molecule has 0 spiro atoms. The molecule has 1 aliphatic heterocycles. The number of carbonyl (C=O) groups is 1. The minimum atomic E-state index is -0.0588. The third kappa shape index (κ3) is 7.43. The number of hydrogen-bond donors (Lipinski definition) is 2. The summed E-state index contributed by atoms with van der Waals surface area (Å²) in [5.74, 6) is 2.13. The molecule has 0 saturated carbocycles. The molecule has 3 heterocycles. The van der Waals surface area contributed by atoms with Gasteiger partial charge in [0.05, 0.1) is 13.2 Å². The number of rotatable bonds is 10. The Hall–Kier alpha value is -3.65. The second kappa shape index (κ2) is 14.2. The number of nitrogens with one attached hydrogen (secondary N) is 2. The third-order valence-electron chi connectivity index (χ3n) is 5.82. The summed E-state index contributed by atoms with van der Waals surface area (Å²) in [7, 11) is 1.86. The smallest absolute Gasteiger partial charge is 0.231 e. The van der Waals surface area contributed by atoms with Crippen LogP contribution in [0.3, 0.4) is 0 Å². The van der Waals surface area contributed by atoms with E-state index in [2.05, 4.69) is 63.9 Å². The first kappa shape index (κ1) is 27.9. The molecule has 0 atom stereocenters. The Labute approximate surface area is 219 Å². The molecule has 1 aromatic carbocycles. The third-order valence-corrected chi connectivity index (χ3v) is 5.82. The molecule has 1 fully saturated rings. The lowest BCUT2D eigenvalue weighted by Crippen LogP contribution is -2.37. The highest BCUT2D eigenvalue weighted by atomic mass is 16.5. The molecule has 8 heteroatoms. The summed E-state index contributed by atoms with van der Waals surface area (Å²) in [5, 5.41) is 6.55. The number of carbonyl (C=O) groups excluding carboxylic acids is 1. The minimum Gasteiger partial charge on any atom is -0.447 e. The summed E-state index contributed by atoms with van der Waals surface area (Å²) in [6.07, 6.45) is 6.42. The van der Waals surface area contributed by atoms with Gasteiger partial charge in [-0.1, -0.05) is 64.1 Å². The summed E-state index contributed by atoms with van der Waals surface area (Å²) in [4.78, 5) is 23.9. The first-order chi connectivity index (χ1) is 18.1. The molecule has 2 aromatic heterocycles. The maximum atomic E-state index is 12.3. The molecule has 0 aliphatic carbocycles. The summed E-state index contributed by atoms with van der Waals surface area (Å²) in [5.41, 5.74) is 3.56. The molecule has 2 N–H and O–H groups in total. The van der Waals surface area contributed by atoms with Gasteiger partial charge in [0.15, 0.2) is 22.9 Å². The maximum Gasteiger partial charge on any atom is 0.231 e. The predicted molar refractivity (Wildman–Crippen MR) is 150 cm³/mol. The number of anilines is 2. The van der Waals surface area contributed by atoms with Gasteiger partial charge in [-0.3, -0.25) is 4.79 Å². The van der Waals surface area contributed by atoms with Gasteiger partial charge in [0.2, 0.25) is 5.95 Å². The van der Waals surface area contributed by atoms with Gasteiger partial charge in [-0.25, -0.2) is 4.98 Å². The van der Waals surface area contributed by atoms with Crippen molar-refractivity contribution >= 4 is 28.6 Å². The van der Waals surface area contributed by atoms with Gasteiger partial charge in [0.25, 0.3) is 0 Å². The van der Waals surface area contributed by atoms with Crippen LogP contribution in [0.25, 0.3) is 11.1 Å². The number of Topliss-reactive ketones (excluding diaryl/α,β-unsaturated/α-hetero) is 1. The fourth-order valence-corrected chi connectivity index (χ4v) is 4.02. The Morgan fingerprint density at radius 2 is 1.84 bits per heavy atom. The van der Waals surface area contributed by atoms with Crippen molar-refractivity contribution < 1.29 is 13.9 Å². The van der Waals surface area contributed by atoms with E-state index in [1.165, 1.54) is 11.1 Å². The SMILES string of the molecule is CC.CC/C=C(\C=C(/NC)Nc1nc(N2CCOCC2)c2oc(C(=O)CC)cc2n1)Cc1ccccc1. The fraction of sp³-hybridized carbons (Fsp3) is 0.414. The van der Waals surface area contributed by atoms with Crippen LogP contribution in [0.5, 0.6) is 0 Å². The van der Waals surface area contributed by atoms with E-state index in [-0.39, 0.29) is 5.78 Å². The highest BCUT2D eigenvalue weighted by molar-refractivity contribution is 5.98. The summed E-state index contributed by atoms with van der Waals surface area (Å²) in [6.45, 7) is 10.6. The van der Waals surface area contributed by atoms with Gasteiger partial charge in [-0.15, -0.1) is 0 Å². The predicted octanol–water partition coefficient (Wildman–Crippen LogP) is 5.73. The number of morpholine rings is 1. The van der Waals surface area contributed by atoms with Gasteiger partial charge >= 0.3 is 0 Å². The molecule has 0 radical (unpaired) electrons. The second-order valence-corrected chi connectivity index (χ2v) is 8.35. The Morgan fingerprint density at radius 1 is 1.11 bits per heavy atom. The topological polar surface area (TPSA) is 92.5 Å². The van der Waals surface area contributed by atoms with E-state index in [1.807, 2.05) is 33.9 Å². The van der Waals surface area contributed by atoms with Crippen LogP contribution in [-0.2, 0) is 11.2 Å². The molecule has 1 aliphatic rings. The van der Waals surface area contributed by atoms with Crippen molar-refractivity contribution in [2.45, 2.75) is 47.0 Å². The van der Waals surface area contributed by atoms with E-state index in [9.17, 15) is 4.79 Å². The van der Waals surface area contributed by atoms with Gasteiger partial charge < -0.3 is 24.7 Å². The molecule has 198 valence electrons. The van der Waals surface area contributed by atoms with E-state index >= 15 is 0 Å². The number of nitrogens with zero attached hydrogens (tertiary/aromatic N) is 3. The van der Waals surface area contributed by atoms with Gasteiger partial charge in [0.1, 0.15) is 11.3 Å². The summed E-state index contributed by atoms with van der Waals surface area (Å²) in [6, 6.07) is 12.1. The van der Waals surface area contributed by atoms with Crippen LogP contribution >= 0.6 is 0 Å². The lowest BCUT2D eigenvalue weighted by atomic mass is 10.0. The number of allylic oxidation sites excluding steroid dienone is 3. The van der Waals surface area contributed by atoms with Crippen LogP contribution in [0.15, 0.2) is 64.4 Å². The van der Waals surface area contributed by atoms with Crippen LogP contribution in [0.4, 0.5) is 11.8 Å². The Balaban J connectivity index is 0.00000186. The van der Waals surface area contributed by atoms with E-state index in [0.29, 0.717) is 61.4 Å². The van der Waals surface area contributed by atoms with Crippen molar-refractivity contribution in [3.63, 3.8) is 0 Å². The number of aromatic nitrogens is 2. The molecule has 0 unspecified atom stereocenters. The molecular formula is C29H39N5O3. The van der Waals surface area contributed by atoms with Crippen LogP contribution in [-0.4, -0.2) is 49.1 Å². The first-order valence-corrected chi connectivity index (χ1v) is 13.2. The monoisotopic (exact) mass is 505 g/mol. The standard InChI is InChI=1S/C27H33N5O3.C2H6/c1-4-9-20(16-19-10-7-6-8-11-19)17-24(28-3)30-27-29-21-18-23(22(33)5-2)35-25(21)26(31-27)32-12-14-34-15-13-32;1-2/h6-11,17-18,28H,4-5,12-16H2,1-3H3,(H,29,30,31);1-2H3/b20-9-,24-17+;. The average Bonchev–Trinajstić information content (AvgIpc) is 3.38. The molecule has 1 saturated heterocycles. The van der Waals surface area contributed by atoms with Crippen molar-refractivity contribution in [2.24, 2.45) is 0 Å². The van der Waals surface area contributed by atoms with Crippen molar-refractivity contribution in [3.05, 3.63) is 71.3 Å². The molecule has 0 amide bonds. The zero-order valence-corrected chi connectivity index (χ0v) is 22.6. The quantitative estimate of drug-likeness (QED) is 0.267.